The van der Waals surface area contributed by atoms with Crippen LogP contribution in [0.2, 0.25) is 5.02 Å². The molecule has 0 radical (unpaired) electrons. The van der Waals surface area contributed by atoms with E-state index < -0.39 is 5.54 Å². The molecule has 0 unspecified atom stereocenters. The van der Waals surface area contributed by atoms with E-state index in [1.165, 1.54) is 0 Å². The fourth-order valence-corrected chi connectivity index (χ4v) is 5.48. The van der Waals surface area contributed by atoms with Crippen molar-refractivity contribution in [2.75, 3.05) is 43.1 Å². The highest BCUT2D eigenvalue weighted by Gasteiger charge is 2.54. The lowest BCUT2D eigenvalue weighted by Gasteiger charge is -2.43. The summed E-state index contributed by atoms with van der Waals surface area (Å²) in [5.41, 5.74) is 1.94. The maximum atomic E-state index is 13.9. The van der Waals surface area contributed by atoms with Gasteiger partial charge < -0.3 is 25.3 Å². The van der Waals surface area contributed by atoms with Gasteiger partial charge in [-0.25, -0.2) is 4.79 Å². The van der Waals surface area contributed by atoms with Gasteiger partial charge in [0.15, 0.2) is 0 Å². The number of urea groups is 1. The van der Waals surface area contributed by atoms with Crippen molar-refractivity contribution in [2.45, 2.75) is 24.8 Å². The van der Waals surface area contributed by atoms with Crippen LogP contribution in [-0.2, 0) is 16.0 Å². The molecular formula is C30H32ClN5O3. The lowest BCUT2D eigenvalue weighted by atomic mass is 9.85. The molecule has 39 heavy (non-hydrogen) atoms. The van der Waals surface area contributed by atoms with Crippen LogP contribution in [0.15, 0.2) is 84.9 Å². The fourth-order valence-electron chi connectivity index (χ4n) is 5.36. The number of rotatable bonds is 7. The molecule has 2 aliphatic rings. The number of carbonyl (C=O) groups is 3. The minimum Gasteiger partial charge on any atom is -0.354 e. The molecule has 3 aromatic carbocycles. The van der Waals surface area contributed by atoms with Gasteiger partial charge in [-0.1, -0.05) is 60.1 Å². The van der Waals surface area contributed by atoms with Gasteiger partial charge in [0.1, 0.15) is 12.1 Å². The van der Waals surface area contributed by atoms with Crippen molar-refractivity contribution < 1.29 is 14.4 Å². The molecule has 2 fully saturated rings. The zero-order valence-electron chi connectivity index (χ0n) is 21.7. The van der Waals surface area contributed by atoms with E-state index in [9.17, 15) is 14.4 Å². The summed E-state index contributed by atoms with van der Waals surface area (Å²) in [6.07, 6.45) is 1.68. The quantitative estimate of drug-likeness (QED) is 0.462. The Morgan fingerprint density at radius 3 is 2.18 bits per heavy atom. The van der Waals surface area contributed by atoms with E-state index in [1.807, 2.05) is 60.7 Å². The number of hydrogen-bond acceptors (Lipinski definition) is 4. The average Bonchev–Trinajstić information content (AvgIpc) is 3.21. The van der Waals surface area contributed by atoms with Crippen LogP contribution < -0.4 is 15.5 Å². The van der Waals surface area contributed by atoms with Gasteiger partial charge in [0.25, 0.3) is 5.91 Å². The molecule has 9 heteroatoms. The number of halogens is 1. The van der Waals surface area contributed by atoms with Crippen LogP contribution in [-0.4, -0.2) is 66.0 Å². The molecule has 2 N–H and O–H groups in total. The van der Waals surface area contributed by atoms with Crippen molar-refractivity contribution in [2.24, 2.45) is 0 Å². The van der Waals surface area contributed by atoms with Gasteiger partial charge in [-0.3, -0.25) is 9.59 Å². The molecule has 4 amide bonds. The molecule has 0 aromatic heterocycles. The van der Waals surface area contributed by atoms with Crippen LogP contribution in [0.4, 0.5) is 16.2 Å². The molecule has 8 nitrogen and oxygen atoms in total. The van der Waals surface area contributed by atoms with Gasteiger partial charge in [-0.05, 0) is 61.2 Å². The number of para-hydroxylation sites is 1. The first kappa shape index (κ1) is 26.6. The Morgan fingerprint density at radius 1 is 0.872 bits per heavy atom. The van der Waals surface area contributed by atoms with Gasteiger partial charge in [-0.15, -0.1) is 0 Å². The summed E-state index contributed by atoms with van der Waals surface area (Å²) >= 11 is 5.95. The summed E-state index contributed by atoms with van der Waals surface area (Å²) < 4.78 is 0. The minimum absolute atomic E-state index is 0.000522. The lowest BCUT2D eigenvalue weighted by Crippen LogP contribution is -2.58. The molecule has 0 atom stereocenters. The molecule has 1 spiro atoms. The number of carbonyl (C=O) groups excluding carboxylic acids is 3. The van der Waals surface area contributed by atoms with Crippen molar-refractivity contribution in [3.8, 4) is 0 Å². The molecule has 2 heterocycles. The highest BCUT2D eigenvalue weighted by Crippen LogP contribution is 2.39. The van der Waals surface area contributed by atoms with Gasteiger partial charge in [-0.2, -0.15) is 0 Å². The SMILES string of the molecule is O=C(CN1CN(c2ccccc2)C2(CCN(C(=O)Nc3ccc(Cl)cc3)CC2)C1=O)NCCc1ccccc1. The first-order chi connectivity index (χ1) is 18.9. The van der Waals surface area contributed by atoms with Crippen LogP contribution in [0.3, 0.4) is 0 Å². The highest BCUT2D eigenvalue weighted by atomic mass is 35.5. The topological polar surface area (TPSA) is 85.0 Å². The summed E-state index contributed by atoms with van der Waals surface area (Å²) in [5.74, 6) is -0.244. The minimum atomic E-state index is -0.803. The number of likely N-dealkylation sites (tertiary alicyclic amines) is 1. The molecule has 202 valence electrons. The van der Waals surface area contributed by atoms with E-state index in [1.54, 1.807) is 34.1 Å². The number of amides is 4. The second-order valence-electron chi connectivity index (χ2n) is 9.95. The summed E-state index contributed by atoms with van der Waals surface area (Å²) in [4.78, 5) is 45.0. The average molecular weight is 546 g/mol. The standard InChI is InChI=1S/C30H32ClN5O3/c31-24-11-13-25(14-12-24)33-29(39)34-19-16-30(17-20-34)28(38)35(22-36(30)26-9-5-2-6-10-26)21-27(37)32-18-15-23-7-3-1-4-8-23/h1-14H,15-22H2,(H,32,37)(H,33,39). The normalized spacial score (nSPS) is 16.4. The maximum Gasteiger partial charge on any atom is 0.321 e. The first-order valence-electron chi connectivity index (χ1n) is 13.2. The van der Waals surface area contributed by atoms with Crippen LogP contribution >= 0.6 is 11.6 Å². The van der Waals surface area contributed by atoms with E-state index in [4.69, 9.17) is 11.6 Å². The summed E-state index contributed by atoms with van der Waals surface area (Å²) in [5, 5.41) is 6.46. The molecule has 5 rings (SSSR count). The number of hydrogen-bond donors (Lipinski definition) is 2. The molecule has 2 aliphatic heterocycles. The monoisotopic (exact) mass is 545 g/mol. The molecular weight excluding hydrogens is 514 g/mol. The van der Waals surface area contributed by atoms with Gasteiger partial charge in [0.05, 0.1) is 6.67 Å². The number of anilines is 2. The third-order valence-electron chi connectivity index (χ3n) is 7.47. The van der Waals surface area contributed by atoms with E-state index in [0.717, 1.165) is 17.7 Å². The van der Waals surface area contributed by atoms with E-state index in [-0.39, 0.29) is 24.4 Å². The third kappa shape index (κ3) is 6.01. The largest absolute Gasteiger partial charge is 0.354 e. The highest BCUT2D eigenvalue weighted by molar-refractivity contribution is 6.30. The van der Waals surface area contributed by atoms with Crippen LogP contribution in [0.5, 0.6) is 0 Å². The molecule has 0 aliphatic carbocycles. The predicted molar refractivity (Wildman–Crippen MR) is 153 cm³/mol. The number of nitrogens with one attached hydrogen (secondary N) is 2. The molecule has 2 saturated heterocycles. The lowest BCUT2D eigenvalue weighted by molar-refractivity contribution is -0.137. The summed E-state index contributed by atoms with van der Waals surface area (Å²) in [7, 11) is 0. The zero-order valence-corrected chi connectivity index (χ0v) is 22.4. The Hall–Kier alpha value is -4.04. The second-order valence-corrected chi connectivity index (χ2v) is 10.4. The van der Waals surface area contributed by atoms with Crippen molar-refractivity contribution in [1.82, 2.24) is 15.1 Å². The second kappa shape index (κ2) is 11.8. The molecule has 0 saturated carbocycles. The molecule has 0 bridgehead atoms. The van der Waals surface area contributed by atoms with E-state index >= 15 is 0 Å². The maximum absolute atomic E-state index is 13.9. The van der Waals surface area contributed by atoms with E-state index in [0.29, 0.717) is 49.9 Å². The summed E-state index contributed by atoms with van der Waals surface area (Å²) in [6, 6.07) is 26.5. The Kier molecular flexibility index (Phi) is 8.02. The van der Waals surface area contributed by atoms with Gasteiger partial charge >= 0.3 is 6.03 Å². The first-order valence-corrected chi connectivity index (χ1v) is 13.6. The van der Waals surface area contributed by atoms with Crippen LogP contribution in [0.1, 0.15) is 18.4 Å². The number of piperidine rings is 1. The number of nitrogens with zero attached hydrogens (tertiary/aromatic N) is 3. The van der Waals surface area contributed by atoms with Crippen molar-refractivity contribution >= 4 is 40.8 Å². The Bertz CT molecular complexity index is 1300. The fraction of sp³-hybridized carbons (Fsp3) is 0.300. The Labute approximate surface area is 233 Å². The predicted octanol–water partition coefficient (Wildman–Crippen LogP) is 4.37. The van der Waals surface area contributed by atoms with Gasteiger partial charge in [0, 0.05) is 36.0 Å². The van der Waals surface area contributed by atoms with Gasteiger partial charge in [0.2, 0.25) is 5.91 Å². The van der Waals surface area contributed by atoms with E-state index in [2.05, 4.69) is 15.5 Å². The van der Waals surface area contributed by atoms with Crippen LogP contribution in [0.25, 0.3) is 0 Å². The number of benzene rings is 3. The van der Waals surface area contributed by atoms with Crippen molar-refractivity contribution in [1.29, 1.82) is 0 Å². The Morgan fingerprint density at radius 2 is 1.51 bits per heavy atom. The third-order valence-corrected chi connectivity index (χ3v) is 7.72. The molecule has 3 aromatic rings. The summed E-state index contributed by atoms with van der Waals surface area (Å²) in [6.45, 7) is 1.68. The Balaban J connectivity index is 1.24. The smallest absolute Gasteiger partial charge is 0.321 e. The van der Waals surface area contributed by atoms with Crippen LogP contribution in [0, 0.1) is 0 Å². The van der Waals surface area contributed by atoms with Crippen molar-refractivity contribution in [3.63, 3.8) is 0 Å². The zero-order chi connectivity index (χ0) is 27.2. The van der Waals surface area contributed by atoms with Crippen molar-refractivity contribution in [3.05, 3.63) is 95.5 Å².